The summed E-state index contributed by atoms with van der Waals surface area (Å²) in [6.45, 7) is 3.52. The molecule has 2 rings (SSSR count). The molecule has 1 aromatic rings. The van der Waals surface area contributed by atoms with Gasteiger partial charge in [-0.05, 0) is 43.6 Å². The number of fused-ring (bicyclic) bond motifs is 1. The molecule has 0 fully saturated rings. The topological polar surface area (TPSA) is 54.5 Å². The predicted molar refractivity (Wildman–Crippen MR) is 62.3 cm³/mol. The van der Waals surface area contributed by atoms with Crippen molar-refractivity contribution in [3.63, 3.8) is 0 Å². The highest BCUT2D eigenvalue weighted by Gasteiger charge is 2.37. The van der Waals surface area contributed by atoms with Gasteiger partial charge < -0.3 is 0 Å². The molecule has 0 radical (unpaired) electrons. The highest BCUT2D eigenvalue weighted by Crippen LogP contribution is 2.26. The van der Waals surface area contributed by atoms with E-state index >= 15 is 0 Å². The van der Waals surface area contributed by atoms with Crippen LogP contribution in [0.4, 0.5) is 0 Å². The van der Waals surface area contributed by atoms with Gasteiger partial charge in [0.25, 0.3) is 17.1 Å². The molecule has 4 nitrogen and oxygen atoms in total. The van der Waals surface area contributed by atoms with Gasteiger partial charge in [0, 0.05) is 11.6 Å². The molecule has 1 heterocycles. The second-order valence-corrected chi connectivity index (χ2v) is 4.45. The average molecular weight is 252 g/mol. The summed E-state index contributed by atoms with van der Waals surface area (Å²) in [6, 6.07) is 4.07. The minimum absolute atomic E-state index is 0.211. The summed E-state index contributed by atoms with van der Waals surface area (Å²) in [7, 11) is 0. The Morgan fingerprint density at radius 1 is 1.18 bits per heavy atom. The Morgan fingerprint density at radius 2 is 1.76 bits per heavy atom. The number of hydrogen-bond donors (Lipinski definition) is 0. The van der Waals surface area contributed by atoms with E-state index < -0.39 is 5.24 Å². The van der Waals surface area contributed by atoms with Crippen molar-refractivity contribution in [1.82, 2.24) is 4.90 Å². The summed E-state index contributed by atoms with van der Waals surface area (Å²) in [5.74, 6) is -0.701. The third kappa shape index (κ3) is 1.74. The van der Waals surface area contributed by atoms with E-state index in [0.717, 1.165) is 0 Å². The molecule has 0 saturated carbocycles. The SMILES string of the molecule is CC(C)N1C(=O)c2ccc(C(=O)Cl)cc2C1=O. The maximum absolute atomic E-state index is 12.0. The van der Waals surface area contributed by atoms with Crippen molar-refractivity contribution in [2.75, 3.05) is 0 Å². The first-order chi connectivity index (χ1) is 7.93. The van der Waals surface area contributed by atoms with Crippen molar-refractivity contribution in [3.8, 4) is 0 Å². The first-order valence-electron chi connectivity index (χ1n) is 5.15. The number of carbonyl (C=O) groups is 3. The Bertz CT molecular complexity index is 537. The highest BCUT2D eigenvalue weighted by atomic mass is 35.5. The summed E-state index contributed by atoms with van der Waals surface area (Å²) in [6.07, 6.45) is 0. The fourth-order valence-corrected chi connectivity index (χ4v) is 1.97. The van der Waals surface area contributed by atoms with Crippen LogP contribution in [0.15, 0.2) is 18.2 Å². The molecule has 5 heteroatoms. The summed E-state index contributed by atoms with van der Waals surface area (Å²) in [4.78, 5) is 36.1. The largest absolute Gasteiger partial charge is 0.276 e. The number of benzene rings is 1. The standard InChI is InChI=1S/C12H10ClNO3/c1-6(2)14-11(16)8-4-3-7(10(13)15)5-9(8)12(14)17/h3-6H,1-2H3. The Labute approximate surface area is 103 Å². The van der Waals surface area contributed by atoms with E-state index in [1.807, 2.05) is 0 Å². The Hall–Kier alpha value is -1.68. The van der Waals surface area contributed by atoms with Crippen LogP contribution in [0, 0.1) is 0 Å². The van der Waals surface area contributed by atoms with Gasteiger partial charge in [0.05, 0.1) is 11.1 Å². The van der Waals surface area contributed by atoms with Crippen LogP contribution in [0.1, 0.15) is 44.9 Å². The average Bonchev–Trinajstić information content (AvgIpc) is 2.51. The van der Waals surface area contributed by atoms with Crippen LogP contribution in [-0.4, -0.2) is 28.0 Å². The van der Waals surface area contributed by atoms with Gasteiger partial charge >= 0.3 is 0 Å². The Kier molecular flexibility index (Phi) is 2.75. The van der Waals surface area contributed by atoms with Gasteiger partial charge in [-0.3, -0.25) is 19.3 Å². The normalized spacial score (nSPS) is 14.5. The lowest BCUT2D eigenvalue weighted by Gasteiger charge is -2.17. The fraction of sp³-hybridized carbons (Fsp3) is 0.250. The zero-order valence-corrected chi connectivity index (χ0v) is 10.1. The first kappa shape index (κ1) is 11.8. The number of nitrogens with zero attached hydrogens (tertiary/aromatic N) is 1. The molecule has 0 spiro atoms. The van der Waals surface area contributed by atoms with Gasteiger partial charge in [-0.1, -0.05) is 0 Å². The fourth-order valence-electron chi connectivity index (χ4n) is 1.85. The van der Waals surface area contributed by atoms with Crippen molar-refractivity contribution >= 4 is 28.7 Å². The molecule has 0 bridgehead atoms. The van der Waals surface area contributed by atoms with Crippen LogP contribution in [0.3, 0.4) is 0 Å². The molecule has 1 aliphatic rings. The molecule has 1 aliphatic heterocycles. The first-order valence-corrected chi connectivity index (χ1v) is 5.53. The smallest absolute Gasteiger partial charge is 0.261 e. The van der Waals surface area contributed by atoms with E-state index in [9.17, 15) is 14.4 Å². The molecule has 0 aromatic heterocycles. The van der Waals surface area contributed by atoms with Gasteiger partial charge in [-0.15, -0.1) is 0 Å². The van der Waals surface area contributed by atoms with Crippen LogP contribution in [0.5, 0.6) is 0 Å². The van der Waals surface area contributed by atoms with Gasteiger partial charge in [-0.25, -0.2) is 0 Å². The van der Waals surface area contributed by atoms with E-state index in [-0.39, 0.29) is 29.0 Å². The van der Waals surface area contributed by atoms with Gasteiger partial charge in [0.2, 0.25) is 0 Å². The highest BCUT2D eigenvalue weighted by molar-refractivity contribution is 6.67. The minimum Gasteiger partial charge on any atom is -0.276 e. The number of halogens is 1. The number of hydrogen-bond acceptors (Lipinski definition) is 3. The molecule has 0 N–H and O–H groups in total. The molecule has 0 aliphatic carbocycles. The van der Waals surface area contributed by atoms with E-state index in [1.54, 1.807) is 13.8 Å². The molecule has 0 saturated heterocycles. The summed E-state index contributed by atoms with van der Waals surface area (Å²) >= 11 is 5.34. The quantitative estimate of drug-likeness (QED) is 0.597. The number of amides is 2. The van der Waals surface area contributed by atoms with Crippen molar-refractivity contribution in [3.05, 3.63) is 34.9 Å². The lowest BCUT2D eigenvalue weighted by Crippen LogP contribution is -2.35. The van der Waals surface area contributed by atoms with Crippen LogP contribution in [0.25, 0.3) is 0 Å². The summed E-state index contributed by atoms with van der Waals surface area (Å²) in [5, 5.41) is -0.643. The molecule has 0 atom stereocenters. The third-order valence-electron chi connectivity index (χ3n) is 2.66. The Morgan fingerprint density at radius 3 is 2.29 bits per heavy atom. The van der Waals surface area contributed by atoms with E-state index in [4.69, 9.17) is 11.6 Å². The zero-order valence-electron chi connectivity index (χ0n) is 9.36. The van der Waals surface area contributed by atoms with E-state index in [2.05, 4.69) is 0 Å². The minimum atomic E-state index is -0.643. The summed E-state index contributed by atoms with van der Waals surface area (Å²) in [5.41, 5.74) is 0.790. The van der Waals surface area contributed by atoms with E-state index in [0.29, 0.717) is 5.56 Å². The molecule has 88 valence electrons. The van der Waals surface area contributed by atoms with Crippen molar-refractivity contribution in [1.29, 1.82) is 0 Å². The zero-order chi connectivity index (χ0) is 12.7. The second kappa shape index (κ2) is 3.96. The van der Waals surface area contributed by atoms with Crippen LogP contribution < -0.4 is 0 Å². The molecular formula is C12H10ClNO3. The number of imide groups is 1. The molecule has 17 heavy (non-hydrogen) atoms. The van der Waals surface area contributed by atoms with Crippen LogP contribution in [-0.2, 0) is 0 Å². The van der Waals surface area contributed by atoms with Gasteiger partial charge in [-0.2, -0.15) is 0 Å². The van der Waals surface area contributed by atoms with Crippen LogP contribution >= 0.6 is 11.6 Å². The summed E-state index contributed by atoms with van der Waals surface area (Å²) < 4.78 is 0. The monoisotopic (exact) mass is 251 g/mol. The van der Waals surface area contributed by atoms with Gasteiger partial charge in [0.15, 0.2) is 0 Å². The molecule has 2 amide bonds. The van der Waals surface area contributed by atoms with Crippen LogP contribution in [0.2, 0.25) is 0 Å². The number of carbonyl (C=O) groups excluding carboxylic acids is 3. The molecule has 0 unspecified atom stereocenters. The van der Waals surface area contributed by atoms with Crippen molar-refractivity contribution < 1.29 is 14.4 Å². The lowest BCUT2D eigenvalue weighted by molar-refractivity contribution is 0.0609. The molecular weight excluding hydrogens is 242 g/mol. The van der Waals surface area contributed by atoms with Gasteiger partial charge in [0.1, 0.15) is 0 Å². The Balaban J connectivity index is 2.54. The van der Waals surface area contributed by atoms with Crippen molar-refractivity contribution in [2.24, 2.45) is 0 Å². The maximum Gasteiger partial charge on any atom is 0.261 e. The maximum atomic E-state index is 12.0. The molecule has 1 aromatic carbocycles. The van der Waals surface area contributed by atoms with E-state index in [1.165, 1.54) is 23.1 Å². The second-order valence-electron chi connectivity index (χ2n) is 4.11. The van der Waals surface area contributed by atoms with Crippen molar-refractivity contribution in [2.45, 2.75) is 19.9 Å². The predicted octanol–water partition coefficient (Wildman–Crippen LogP) is 2.07. The third-order valence-corrected chi connectivity index (χ3v) is 2.88. The lowest BCUT2D eigenvalue weighted by atomic mass is 10.1. The number of rotatable bonds is 2.